The van der Waals surface area contributed by atoms with Crippen LogP contribution in [-0.2, 0) is 20.8 Å². The number of hydrogen-bond donors (Lipinski definition) is 2. The number of fused-ring (bicyclic) bond motifs is 1. The Morgan fingerprint density at radius 2 is 1.74 bits per heavy atom. The van der Waals surface area contributed by atoms with Gasteiger partial charge in [-0.2, -0.15) is 0 Å². The van der Waals surface area contributed by atoms with Crippen LogP contribution in [0.2, 0.25) is 0 Å². The van der Waals surface area contributed by atoms with Gasteiger partial charge < -0.3 is 29.2 Å². The van der Waals surface area contributed by atoms with Crippen LogP contribution in [0.4, 0.5) is 16.2 Å². The van der Waals surface area contributed by atoms with Crippen molar-refractivity contribution in [3.63, 3.8) is 0 Å². The Morgan fingerprint density at radius 3 is 2.42 bits per heavy atom. The first-order valence-corrected chi connectivity index (χ1v) is 10.4. The molecule has 0 saturated carbocycles. The van der Waals surface area contributed by atoms with Crippen molar-refractivity contribution in [2.75, 3.05) is 44.6 Å². The van der Waals surface area contributed by atoms with E-state index in [1.807, 2.05) is 14.1 Å². The first-order valence-electron chi connectivity index (χ1n) is 10.4. The van der Waals surface area contributed by atoms with E-state index in [0.29, 0.717) is 18.9 Å². The van der Waals surface area contributed by atoms with Gasteiger partial charge in [-0.05, 0) is 42.0 Å². The summed E-state index contributed by atoms with van der Waals surface area (Å²) in [7, 11) is 5.64. The Bertz CT molecular complexity index is 872. The number of nitrogens with one attached hydrogen (secondary N) is 2. The van der Waals surface area contributed by atoms with Crippen LogP contribution >= 0.6 is 0 Å². The summed E-state index contributed by atoms with van der Waals surface area (Å²) in [6.45, 7) is 1.56. The number of amides is 1. The molecule has 31 heavy (non-hydrogen) atoms. The molecule has 2 heterocycles. The van der Waals surface area contributed by atoms with Crippen LogP contribution in [-0.4, -0.2) is 64.9 Å². The third-order valence-electron chi connectivity index (χ3n) is 5.62. The fraction of sp³-hybridized carbons (Fsp3) is 0.435. The molecule has 4 atom stereocenters. The molecule has 2 aromatic carbocycles. The number of carbonyl (C=O) groups excluding carboxylic acids is 1. The lowest BCUT2D eigenvalue weighted by Crippen LogP contribution is -2.41. The van der Waals surface area contributed by atoms with Gasteiger partial charge in [0.2, 0.25) is 0 Å². The first-order chi connectivity index (χ1) is 15.0. The molecule has 8 heteroatoms. The summed E-state index contributed by atoms with van der Waals surface area (Å²) in [4.78, 5) is 14.4. The highest BCUT2D eigenvalue weighted by Gasteiger charge is 2.49. The zero-order valence-corrected chi connectivity index (χ0v) is 18.0. The smallest absolute Gasteiger partial charge is 0.412 e. The van der Waals surface area contributed by atoms with Crippen molar-refractivity contribution in [3.05, 3.63) is 54.1 Å². The Kier molecular flexibility index (Phi) is 6.60. The van der Waals surface area contributed by atoms with Crippen LogP contribution in [0.5, 0.6) is 5.75 Å². The largest absolute Gasteiger partial charge is 0.497 e. The van der Waals surface area contributed by atoms with E-state index in [4.69, 9.17) is 18.9 Å². The highest BCUT2D eigenvalue weighted by Crippen LogP contribution is 2.29. The number of hydrogen-bond acceptors (Lipinski definition) is 7. The molecule has 0 unspecified atom stereocenters. The van der Waals surface area contributed by atoms with Crippen molar-refractivity contribution in [3.8, 4) is 5.75 Å². The molecule has 4 rings (SSSR count). The van der Waals surface area contributed by atoms with Crippen molar-refractivity contribution >= 4 is 17.5 Å². The van der Waals surface area contributed by atoms with Gasteiger partial charge in [-0.3, -0.25) is 5.32 Å². The fourth-order valence-corrected chi connectivity index (χ4v) is 3.86. The van der Waals surface area contributed by atoms with Crippen LogP contribution in [0.25, 0.3) is 0 Å². The number of carbonyl (C=O) groups is 1. The quantitative estimate of drug-likeness (QED) is 0.703. The van der Waals surface area contributed by atoms with E-state index < -0.39 is 12.2 Å². The lowest BCUT2D eigenvalue weighted by atomic mass is 10.1. The van der Waals surface area contributed by atoms with Crippen molar-refractivity contribution in [1.82, 2.24) is 5.32 Å². The van der Waals surface area contributed by atoms with Gasteiger partial charge in [0.25, 0.3) is 0 Å². The van der Waals surface area contributed by atoms with E-state index in [0.717, 1.165) is 12.3 Å². The Morgan fingerprint density at radius 1 is 1.03 bits per heavy atom. The van der Waals surface area contributed by atoms with Crippen LogP contribution in [0.3, 0.4) is 0 Å². The summed E-state index contributed by atoms with van der Waals surface area (Å²) in [6, 6.07) is 15.5. The van der Waals surface area contributed by atoms with Gasteiger partial charge in [-0.25, -0.2) is 4.79 Å². The number of ether oxygens (including phenoxy) is 4. The Labute approximate surface area is 182 Å². The third-order valence-corrected chi connectivity index (χ3v) is 5.62. The molecule has 0 aromatic heterocycles. The second kappa shape index (κ2) is 9.55. The minimum atomic E-state index is -0.527. The molecule has 1 amide bonds. The molecule has 0 bridgehead atoms. The highest BCUT2D eigenvalue weighted by molar-refractivity contribution is 5.84. The molecule has 0 spiro atoms. The molecule has 0 radical (unpaired) electrons. The Hall–Kier alpha value is -2.81. The molecule has 166 valence electrons. The van der Waals surface area contributed by atoms with Gasteiger partial charge >= 0.3 is 6.09 Å². The summed E-state index contributed by atoms with van der Waals surface area (Å²) < 4.78 is 22.5. The third kappa shape index (κ3) is 5.10. The predicted molar refractivity (Wildman–Crippen MR) is 118 cm³/mol. The SMILES string of the molecule is COc1ccc(NC(=O)O[C@@H]2CO[C@H]3[C@@H]2OC[C@@H]3NCc2ccc(N(C)C)cc2)cc1. The normalized spacial score (nSPS) is 24.5. The van der Waals surface area contributed by atoms with E-state index in [2.05, 4.69) is 39.8 Å². The van der Waals surface area contributed by atoms with Gasteiger partial charge in [0.1, 0.15) is 18.0 Å². The van der Waals surface area contributed by atoms with E-state index in [1.165, 1.54) is 11.3 Å². The van der Waals surface area contributed by atoms with Crippen molar-refractivity contribution in [2.24, 2.45) is 0 Å². The Balaban J connectivity index is 1.26. The second-order valence-corrected chi connectivity index (χ2v) is 7.94. The van der Waals surface area contributed by atoms with Crippen LogP contribution in [0.1, 0.15) is 5.56 Å². The van der Waals surface area contributed by atoms with Gasteiger partial charge in [-0.15, -0.1) is 0 Å². The summed E-state index contributed by atoms with van der Waals surface area (Å²) in [5.74, 6) is 0.720. The molecule has 2 aromatic rings. The lowest BCUT2D eigenvalue weighted by molar-refractivity contribution is 0.00854. The maximum Gasteiger partial charge on any atom is 0.412 e. The summed E-state index contributed by atoms with van der Waals surface area (Å²) >= 11 is 0. The monoisotopic (exact) mass is 427 g/mol. The van der Waals surface area contributed by atoms with Crippen molar-refractivity contribution in [1.29, 1.82) is 0 Å². The van der Waals surface area contributed by atoms with Crippen LogP contribution in [0, 0.1) is 0 Å². The van der Waals surface area contributed by atoms with Crippen LogP contribution in [0.15, 0.2) is 48.5 Å². The molecule has 2 aliphatic rings. The highest BCUT2D eigenvalue weighted by atomic mass is 16.6. The number of methoxy groups -OCH3 is 1. The number of anilines is 2. The van der Waals surface area contributed by atoms with E-state index in [1.54, 1.807) is 31.4 Å². The fourth-order valence-electron chi connectivity index (χ4n) is 3.86. The van der Waals surface area contributed by atoms with E-state index >= 15 is 0 Å². The average molecular weight is 428 g/mol. The molecule has 2 saturated heterocycles. The van der Waals surface area contributed by atoms with E-state index in [-0.39, 0.29) is 18.2 Å². The first kappa shape index (κ1) is 21.4. The molecular weight excluding hydrogens is 398 g/mol. The van der Waals surface area contributed by atoms with Gasteiger partial charge in [0.15, 0.2) is 6.10 Å². The zero-order chi connectivity index (χ0) is 21.8. The minimum absolute atomic E-state index is 0.0526. The van der Waals surface area contributed by atoms with Gasteiger partial charge in [-0.1, -0.05) is 12.1 Å². The summed E-state index contributed by atoms with van der Waals surface area (Å²) in [6.07, 6.45) is -1.37. The maximum absolute atomic E-state index is 12.3. The summed E-state index contributed by atoms with van der Waals surface area (Å²) in [5.41, 5.74) is 2.99. The molecule has 2 fully saturated rings. The van der Waals surface area contributed by atoms with E-state index in [9.17, 15) is 4.79 Å². The topological polar surface area (TPSA) is 81.3 Å². The van der Waals surface area contributed by atoms with Crippen molar-refractivity contribution < 1.29 is 23.7 Å². The standard InChI is InChI=1S/C23H29N3O5/c1-26(2)17-8-4-15(5-9-17)12-24-19-13-29-22-20(14-30-21(19)22)31-23(27)25-16-6-10-18(28-3)11-7-16/h4-11,19-22,24H,12-14H2,1-3H3,(H,25,27)/t19-,20+,21+,22+/m0/s1. The molecule has 8 nitrogen and oxygen atoms in total. The van der Waals surface area contributed by atoms with Crippen LogP contribution < -0.4 is 20.3 Å². The molecule has 0 aliphatic carbocycles. The van der Waals surface area contributed by atoms with Gasteiger partial charge in [0.05, 0.1) is 26.4 Å². The average Bonchev–Trinajstić information content (AvgIpc) is 3.36. The molecule has 2 aliphatic heterocycles. The van der Waals surface area contributed by atoms with Gasteiger partial charge in [0, 0.05) is 32.0 Å². The lowest BCUT2D eigenvalue weighted by Gasteiger charge is -2.18. The number of rotatable bonds is 7. The number of benzene rings is 2. The second-order valence-electron chi connectivity index (χ2n) is 7.94. The van der Waals surface area contributed by atoms with Crippen molar-refractivity contribution in [2.45, 2.75) is 30.9 Å². The predicted octanol–water partition coefficient (Wildman–Crippen LogP) is 2.63. The minimum Gasteiger partial charge on any atom is -0.497 e. The zero-order valence-electron chi connectivity index (χ0n) is 18.0. The maximum atomic E-state index is 12.3. The number of nitrogens with zero attached hydrogens (tertiary/aromatic N) is 1. The molecular formula is C23H29N3O5. The summed E-state index contributed by atoms with van der Waals surface area (Å²) in [5, 5.41) is 6.23. The molecule has 2 N–H and O–H groups in total.